The third-order valence-corrected chi connectivity index (χ3v) is 4.88. The van der Waals surface area contributed by atoms with Gasteiger partial charge in [0.1, 0.15) is 0 Å². The zero-order chi connectivity index (χ0) is 20.0. The Morgan fingerprint density at radius 2 is 1.54 bits per heavy atom. The lowest BCUT2D eigenvalue weighted by atomic mass is 10.1. The number of benzene rings is 2. The molecule has 2 aliphatic heterocycles. The van der Waals surface area contributed by atoms with Crippen LogP contribution in [0.1, 0.15) is 11.1 Å². The lowest BCUT2D eigenvalue weighted by Crippen LogP contribution is -2.40. The summed E-state index contributed by atoms with van der Waals surface area (Å²) in [5.74, 6) is 0.345. The van der Waals surface area contributed by atoms with Gasteiger partial charge in [-0.2, -0.15) is 5.11 Å². The molecule has 0 radical (unpaired) electrons. The summed E-state index contributed by atoms with van der Waals surface area (Å²) >= 11 is 0. The van der Waals surface area contributed by atoms with Crippen molar-refractivity contribution in [3.05, 3.63) is 47.5 Å². The molecule has 1 saturated heterocycles. The van der Waals surface area contributed by atoms with Gasteiger partial charge in [0.05, 0.1) is 25.6 Å². The quantitative estimate of drug-likeness (QED) is 0.762. The van der Waals surface area contributed by atoms with Crippen molar-refractivity contribution in [2.75, 3.05) is 24.1 Å². The van der Waals surface area contributed by atoms with E-state index in [4.69, 9.17) is 9.47 Å². The first-order valence-electron chi connectivity index (χ1n) is 8.82. The topological polar surface area (TPSA) is 83.8 Å². The minimum absolute atomic E-state index is 0.347. The number of hydrogen-bond acceptors (Lipinski definition) is 7. The molecule has 0 saturated carbocycles. The number of amides is 2. The predicted octanol–water partition coefficient (Wildman–Crippen LogP) is 2.82. The molecule has 0 spiro atoms. The SMILES string of the molecule is COc1ccc(N2N=N[C@H]3C(=O)N(c4cc(C)cc(C)c4)C(=O)[C@H]32)cc1OC. The van der Waals surface area contributed by atoms with Crippen LogP contribution in [0, 0.1) is 13.8 Å². The molecule has 8 nitrogen and oxygen atoms in total. The van der Waals surface area contributed by atoms with Gasteiger partial charge in [-0.05, 0) is 49.2 Å². The van der Waals surface area contributed by atoms with Crippen molar-refractivity contribution < 1.29 is 19.1 Å². The molecule has 1 fully saturated rings. The smallest absolute Gasteiger partial charge is 0.263 e. The average Bonchev–Trinajstić information content (AvgIpc) is 3.20. The van der Waals surface area contributed by atoms with Crippen LogP contribution in [-0.2, 0) is 9.59 Å². The van der Waals surface area contributed by atoms with E-state index in [9.17, 15) is 9.59 Å². The van der Waals surface area contributed by atoms with Crippen LogP contribution in [0.15, 0.2) is 46.7 Å². The Bertz CT molecular complexity index is 983. The summed E-state index contributed by atoms with van der Waals surface area (Å²) in [6.45, 7) is 3.86. The molecule has 2 aliphatic rings. The Kier molecular flexibility index (Phi) is 4.26. The fourth-order valence-electron chi connectivity index (χ4n) is 3.67. The summed E-state index contributed by atoms with van der Waals surface area (Å²) in [4.78, 5) is 27.3. The molecular weight excluding hydrogens is 360 g/mol. The van der Waals surface area contributed by atoms with Crippen molar-refractivity contribution in [3.63, 3.8) is 0 Å². The van der Waals surface area contributed by atoms with Crippen LogP contribution >= 0.6 is 0 Å². The molecule has 2 heterocycles. The molecule has 0 N–H and O–H groups in total. The predicted molar refractivity (Wildman–Crippen MR) is 103 cm³/mol. The average molecular weight is 380 g/mol. The Morgan fingerprint density at radius 1 is 0.857 bits per heavy atom. The van der Waals surface area contributed by atoms with Gasteiger partial charge in [0.25, 0.3) is 11.8 Å². The zero-order valence-electron chi connectivity index (χ0n) is 16.0. The van der Waals surface area contributed by atoms with E-state index in [0.29, 0.717) is 22.9 Å². The molecule has 0 aliphatic carbocycles. The van der Waals surface area contributed by atoms with Crippen molar-refractivity contribution in [1.82, 2.24) is 0 Å². The van der Waals surface area contributed by atoms with Gasteiger partial charge in [0.2, 0.25) is 0 Å². The number of carbonyl (C=O) groups is 2. The normalized spacial score (nSPS) is 20.7. The monoisotopic (exact) mass is 380 g/mol. The molecule has 144 valence electrons. The Balaban J connectivity index is 1.70. The lowest BCUT2D eigenvalue weighted by Gasteiger charge is -2.21. The Labute approximate surface area is 162 Å². The van der Waals surface area contributed by atoms with Gasteiger partial charge in [0, 0.05) is 6.07 Å². The van der Waals surface area contributed by atoms with E-state index < -0.39 is 12.1 Å². The lowest BCUT2D eigenvalue weighted by molar-refractivity contribution is -0.121. The number of carbonyl (C=O) groups excluding carboxylic acids is 2. The molecular formula is C20H20N4O4. The molecule has 0 aromatic heterocycles. The van der Waals surface area contributed by atoms with Crippen molar-refractivity contribution >= 4 is 23.2 Å². The number of fused-ring (bicyclic) bond motifs is 1. The second-order valence-electron chi connectivity index (χ2n) is 6.84. The molecule has 2 amide bonds. The highest BCUT2D eigenvalue weighted by molar-refractivity contribution is 6.26. The summed E-state index contributed by atoms with van der Waals surface area (Å²) in [5, 5.41) is 9.62. The van der Waals surface area contributed by atoms with Gasteiger partial charge in [-0.25, -0.2) is 9.91 Å². The van der Waals surface area contributed by atoms with Crippen LogP contribution in [0.5, 0.6) is 11.5 Å². The third kappa shape index (κ3) is 2.69. The van der Waals surface area contributed by atoms with Gasteiger partial charge in [-0.1, -0.05) is 11.3 Å². The second-order valence-corrected chi connectivity index (χ2v) is 6.84. The highest BCUT2D eigenvalue weighted by Crippen LogP contribution is 2.38. The highest BCUT2D eigenvalue weighted by Gasteiger charge is 2.55. The fraction of sp³-hybridized carbons (Fsp3) is 0.300. The second kappa shape index (κ2) is 6.63. The fourth-order valence-corrected chi connectivity index (χ4v) is 3.67. The first-order chi connectivity index (χ1) is 13.4. The largest absolute Gasteiger partial charge is 0.493 e. The maximum Gasteiger partial charge on any atom is 0.263 e. The van der Waals surface area contributed by atoms with E-state index in [0.717, 1.165) is 11.1 Å². The van der Waals surface area contributed by atoms with Crippen LogP contribution in [0.3, 0.4) is 0 Å². The standard InChI is InChI=1S/C20H20N4O4/c1-11-7-12(2)9-14(8-11)23-19(25)17-18(20(23)26)24(22-21-17)13-5-6-15(27-3)16(10-13)28-4/h5-10,17-18H,1-4H3/t17-,18+/m1/s1. The number of aryl methyl sites for hydroxylation is 2. The Hall–Kier alpha value is -3.42. The van der Waals surface area contributed by atoms with Gasteiger partial charge in [-0.3, -0.25) is 9.59 Å². The minimum Gasteiger partial charge on any atom is -0.493 e. The van der Waals surface area contributed by atoms with Crippen LogP contribution in [0.25, 0.3) is 0 Å². The third-order valence-electron chi connectivity index (χ3n) is 4.88. The summed E-state index contributed by atoms with van der Waals surface area (Å²) in [6.07, 6.45) is 0. The minimum atomic E-state index is -0.860. The number of hydrogen-bond donors (Lipinski definition) is 0. The number of methoxy groups -OCH3 is 2. The van der Waals surface area contributed by atoms with Crippen molar-refractivity contribution in [2.45, 2.75) is 25.9 Å². The van der Waals surface area contributed by atoms with E-state index in [1.54, 1.807) is 25.3 Å². The first kappa shape index (κ1) is 18.0. The van der Waals surface area contributed by atoms with Gasteiger partial charge >= 0.3 is 0 Å². The number of anilines is 2. The van der Waals surface area contributed by atoms with Crippen molar-refractivity contribution in [3.8, 4) is 11.5 Å². The van der Waals surface area contributed by atoms with Crippen LogP contribution < -0.4 is 19.4 Å². The zero-order valence-corrected chi connectivity index (χ0v) is 16.0. The number of nitrogens with zero attached hydrogens (tertiary/aromatic N) is 4. The molecule has 0 bridgehead atoms. The van der Waals surface area contributed by atoms with Gasteiger partial charge in [-0.15, -0.1) is 0 Å². The Morgan fingerprint density at radius 3 is 2.18 bits per heavy atom. The molecule has 2 aromatic rings. The first-order valence-corrected chi connectivity index (χ1v) is 8.82. The summed E-state index contributed by atoms with van der Waals surface area (Å²) < 4.78 is 10.6. The van der Waals surface area contributed by atoms with E-state index in [-0.39, 0.29) is 11.8 Å². The van der Waals surface area contributed by atoms with Gasteiger partial charge in [0.15, 0.2) is 23.6 Å². The molecule has 0 unspecified atom stereocenters. The summed E-state index contributed by atoms with van der Waals surface area (Å²) in [6, 6.07) is 9.14. The summed E-state index contributed by atoms with van der Waals surface area (Å²) in [5.41, 5.74) is 3.11. The van der Waals surface area contributed by atoms with E-state index >= 15 is 0 Å². The molecule has 4 rings (SSSR count). The number of ether oxygens (including phenoxy) is 2. The van der Waals surface area contributed by atoms with E-state index in [2.05, 4.69) is 10.3 Å². The number of imide groups is 1. The van der Waals surface area contributed by atoms with Crippen molar-refractivity contribution in [1.29, 1.82) is 0 Å². The van der Waals surface area contributed by atoms with Gasteiger partial charge < -0.3 is 9.47 Å². The highest BCUT2D eigenvalue weighted by atomic mass is 16.5. The molecule has 28 heavy (non-hydrogen) atoms. The summed E-state index contributed by atoms with van der Waals surface area (Å²) in [7, 11) is 3.08. The van der Waals surface area contributed by atoms with Crippen LogP contribution in [0.2, 0.25) is 0 Å². The van der Waals surface area contributed by atoms with Crippen LogP contribution in [-0.4, -0.2) is 38.1 Å². The van der Waals surface area contributed by atoms with E-state index in [1.807, 2.05) is 32.0 Å². The maximum atomic E-state index is 13.2. The molecule has 2 aromatic carbocycles. The maximum absolute atomic E-state index is 13.2. The van der Waals surface area contributed by atoms with Crippen LogP contribution in [0.4, 0.5) is 11.4 Å². The molecule has 8 heteroatoms. The van der Waals surface area contributed by atoms with E-state index in [1.165, 1.54) is 17.0 Å². The van der Waals surface area contributed by atoms with Crippen molar-refractivity contribution in [2.24, 2.45) is 10.3 Å². The number of rotatable bonds is 4. The molecule has 2 atom stereocenters.